The van der Waals surface area contributed by atoms with Crippen molar-refractivity contribution in [3.8, 4) is 0 Å². The number of thiazole rings is 1. The minimum atomic E-state index is 0.0381. The van der Waals surface area contributed by atoms with Crippen molar-refractivity contribution in [2.24, 2.45) is 0 Å². The fraction of sp³-hybridized carbons (Fsp3) is 0.550. The van der Waals surface area contributed by atoms with Crippen molar-refractivity contribution >= 4 is 28.2 Å². The molecule has 2 N–H and O–H groups in total. The van der Waals surface area contributed by atoms with Crippen LogP contribution in [0.4, 0.5) is 10.9 Å². The summed E-state index contributed by atoms with van der Waals surface area (Å²) in [6, 6.07) is 6.15. The Hall–Kier alpha value is -2.03. The summed E-state index contributed by atoms with van der Waals surface area (Å²) in [4.78, 5) is 24.6. The molecule has 0 bridgehead atoms. The van der Waals surface area contributed by atoms with Crippen LogP contribution in [0.5, 0.6) is 0 Å². The van der Waals surface area contributed by atoms with Crippen LogP contribution < -0.4 is 10.6 Å². The summed E-state index contributed by atoms with van der Waals surface area (Å²) in [6.45, 7) is 6.78. The molecule has 0 spiro atoms. The van der Waals surface area contributed by atoms with Gasteiger partial charge in [-0.05, 0) is 51.9 Å². The lowest BCUT2D eigenvalue weighted by Gasteiger charge is -2.31. The van der Waals surface area contributed by atoms with Gasteiger partial charge in [-0.1, -0.05) is 6.07 Å². The van der Waals surface area contributed by atoms with E-state index in [1.807, 2.05) is 32.2 Å². The molecule has 2 aromatic rings. The fourth-order valence-corrected chi connectivity index (χ4v) is 4.14. The van der Waals surface area contributed by atoms with Crippen molar-refractivity contribution in [3.63, 3.8) is 0 Å². The molecule has 1 atom stereocenters. The highest BCUT2D eigenvalue weighted by molar-refractivity contribution is 7.15. The van der Waals surface area contributed by atoms with Crippen LogP contribution >= 0.6 is 11.3 Å². The molecule has 7 nitrogen and oxygen atoms in total. The minimum absolute atomic E-state index is 0.0381. The molecule has 0 saturated carbocycles. The van der Waals surface area contributed by atoms with Crippen molar-refractivity contribution in [2.45, 2.75) is 38.6 Å². The van der Waals surface area contributed by atoms with E-state index in [9.17, 15) is 4.79 Å². The summed E-state index contributed by atoms with van der Waals surface area (Å²) in [5, 5.41) is 7.13. The summed E-state index contributed by atoms with van der Waals surface area (Å²) in [7, 11) is 1.64. The van der Waals surface area contributed by atoms with Gasteiger partial charge in [0.25, 0.3) is 0 Å². The number of anilines is 2. The first kappa shape index (κ1) is 20.7. The van der Waals surface area contributed by atoms with E-state index in [4.69, 9.17) is 9.72 Å². The Morgan fingerprint density at radius 3 is 2.86 bits per heavy atom. The zero-order valence-electron chi connectivity index (χ0n) is 16.8. The molecule has 1 fully saturated rings. The van der Waals surface area contributed by atoms with Crippen molar-refractivity contribution in [2.75, 3.05) is 38.7 Å². The van der Waals surface area contributed by atoms with Gasteiger partial charge in [-0.15, -0.1) is 11.3 Å². The van der Waals surface area contributed by atoms with Crippen LogP contribution in [0.15, 0.2) is 24.4 Å². The summed E-state index contributed by atoms with van der Waals surface area (Å²) in [5.41, 5.74) is 1.11. The quantitative estimate of drug-likeness (QED) is 0.706. The predicted octanol–water partition coefficient (Wildman–Crippen LogP) is 2.92. The highest BCUT2D eigenvalue weighted by Gasteiger charge is 2.23. The number of nitrogens with one attached hydrogen (secondary N) is 2. The molecule has 0 unspecified atom stereocenters. The van der Waals surface area contributed by atoms with Gasteiger partial charge < -0.3 is 15.4 Å². The predicted molar refractivity (Wildman–Crippen MR) is 112 cm³/mol. The van der Waals surface area contributed by atoms with Crippen LogP contribution in [0.1, 0.15) is 36.3 Å². The molecule has 0 radical (unpaired) electrons. The van der Waals surface area contributed by atoms with Crippen molar-refractivity contribution < 1.29 is 9.53 Å². The zero-order valence-corrected chi connectivity index (χ0v) is 17.6. The molecule has 8 heteroatoms. The summed E-state index contributed by atoms with van der Waals surface area (Å²) >= 11 is 1.62. The third-order valence-corrected chi connectivity index (χ3v) is 5.65. The number of methoxy groups -OCH3 is 1. The number of pyridine rings is 1. The second-order valence-electron chi connectivity index (χ2n) is 7.32. The number of rotatable bonds is 8. The number of hydrogen-bond donors (Lipinski definition) is 2. The van der Waals surface area contributed by atoms with Gasteiger partial charge in [0.15, 0.2) is 5.13 Å². The third-order valence-electron chi connectivity index (χ3n) is 4.82. The SMILES string of the molecule is COC[C@@H](C)NC(=O)CN1CCC(c2cccc(Nc3ncc(C)s3)n2)CC1. The number of aromatic nitrogens is 2. The standard InChI is InChI=1S/C20H29N5O2S/c1-14(13-27-3)22-19(26)12-25-9-7-16(8-10-25)17-5-4-6-18(23-17)24-20-21-11-15(2)28-20/h4-6,11,14,16H,7-10,12-13H2,1-3H3,(H,22,26)(H,21,23,24)/t14-/m1/s1. The highest BCUT2D eigenvalue weighted by Crippen LogP contribution is 2.28. The molecule has 28 heavy (non-hydrogen) atoms. The Balaban J connectivity index is 1.49. The molecule has 1 aliphatic rings. The lowest BCUT2D eigenvalue weighted by molar-refractivity contribution is -0.123. The molecule has 3 rings (SSSR count). The molecule has 0 aromatic carbocycles. The second-order valence-corrected chi connectivity index (χ2v) is 8.56. The van der Waals surface area contributed by atoms with Crippen molar-refractivity contribution in [3.05, 3.63) is 35.0 Å². The maximum Gasteiger partial charge on any atom is 0.234 e. The maximum absolute atomic E-state index is 12.1. The van der Waals surface area contributed by atoms with Gasteiger partial charge in [0.05, 0.1) is 13.2 Å². The van der Waals surface area contributed by atoms with Crippen LogP contribution in [0.3, 0.4) is 0 Å². The molecule has 0 aliphatic carbocycles. The van der Waals surface area contributed by atoms with Gasteiger partial charge in [0.2, 0.25) is 5.91 Å². The Bertz CT molecular complexity index is 773. The van der Waals surface area contributed by atoms with Crippen LogP contribution in [0, 0.1) is 6.92 Å². The van der Waals surface area contributed by atoms with Crippen molar-refractivity contribution in [1.82, 2.24) is 20.2 Å². The van der Waals surface area contributed by atoms with E-state index >= 15 is 0 Å². The second kappa shape index (κ2) is 9.95. The molecule has 1 aliphatic heterocycles. The van der Waals surface area contributed by atoms with E-state index in [0.29, 0.717) is 19.1 Å². The number of hydrogen-bond acceptors (Lipinski definition) is 7. The van der Waals surface area contributed by atoms with E-state index < -0.39 is 0 Å². The molecule has 152 valence electrons. The monoisotopic (exact) mass is 403 g/mol. The fourth-order valence-electron chi connectivity index (χ4n) is 3.47. The molecular weight excluding hydrogens is 374 g/mol. The Kier molecular flexibility index (Phi) is 7.36. The number of nitrogens with zero attached hydrogens (tertiary/aromatic N) is 3. The van der Waals surface area contributed by atoms with Gasteiger partial charge in [0.1, 0.15) is 5.82 Å². The van der Waals surface area contributed by atoms with Crippen LogP contribution in [0.25, 0.3) is 0 Å². The number of likely N-dealkylation sites (tertiary alicyclic amines) is 1. The topological polar surface area (TPSA) is 79.4 Å². The average Bonchev–Trinajstić information content (AvgIpc) is 3.07. The molecule has 1 amide bonds. The summed E-state index contributed by atoms with van der Waals surface area (Å²) in [6.07, 6.45) is 3.88. The Labute approximate surface area is 170 Å². The van der Waals surface area contributed by atoms with E-state index in [2.05, 4.69) is 26.6 Å². The lowest BCUT2D eigenvalue weighted by Crippen LogP contribution is -2.44. The first-order chi connectivity index (χ1) is 13.5. The number of carbonyl (C=O) groups is 1. The number of ether oxygens (including phenoxy) is 1. The molecule has 3 heterocycles. The molecule has 1 saturated heterocycles. The Morgan fingerprint density at radius 1 is 1.39 bits per heavy atom. The lowest BCUT2D eigenvalue weighted by atomic mass is 9.93. The molecular formula is C20H29N5O2S. The number of amides is 1. The average molecular weight is 404 g/mol. The zero-order chi connectivity index (χ0) is 19.9. The Morgan fingerprint density at radius 2 is 2.18 bits per heavy atom. The smallest absolute Gasteiger partial charge is 0.234 e. The van der Waals surface area contributed by atoms with Crippen LogP contribution in [-0.2, 0) is 9.53 Å². The minimum Gasteiger partial charge on any atom is -0.383 e. The van der Waals surface area contributed by atoms with Gasteiger partial charge in [-0.3, -0.25) is 9.69 Å². The largest absolute Gasteiger partial charge is 0.383 e. The first-order valence-electron chi connectivity index (χ1n) is 9.70. The van der Waals surface area contributed by atoms with Crippen LogP contribution in [-0.4, -0.2) is 60.2 Å². The van der Waals surface area contributed by atoms with E-state index in [1.165, 1.54) is 4.88 Å². The third kappa shape index (κ3) is 5.98. The van der Waals surface area contributed by atoms with Crippen molar-refractivity contribution in [1.29, 1.82) is 0 Å². The highest BCUT2D eigenvalue weighted by atomic mass is 32.1. The number of carbonyl (C=O) groups excluding carboxylic acids is 1. The number of aryl methyl sites for hydroxylation is 1. The van der Waals surface area contributed by atoms with Gasteiger partial charge >= 0.3 is 0 Å². The van der Waals surface area contributed by atoms with Gasteiger partial charge in [-0.2, -0.15) is 0 Å². The normalized spacial score (nSPS) is 16.7. The molecule has 2 aromatic heterocycles. The number of piperidine rings is 1. The van der Waals surface area contributed by atoms with E-state index in [1.54, 1.807) is 18.4 Å². The summed E-state index contributed by atoms with van der Waals surface area (Å²) in [5.74, 6) is 1.32. The van der Waals surface area contributed by atoms with E-state index in [-0.39, 0.29) is 11.9 Å². The van der Waals surface area contributed by atoms with Gasteiger partial charge in [0, 0.05) is 35.8 Å². The van der Waals surface area contributed by atoms with Crippen LogP contribution in [0.2, 0.25) is 0 Å². The first-order valence-corrected chi connectivity index (χ1v) is 10.5. The maximum atomic E-state index is 12.1. The van der Waals surface area contributed by atoms with Gasteiger partial charge in [-0.25, -0.2) is 9.97 Å². The summed E-state index contributed by atoms with van der Waals surface area (Å²) < 4.78 is 5.06. The van der Waals surface area contributed by atoms with E-state index in [0.717, 1.165) is 42.6 Å².